The maximum absolute atomic E-state index is 12.7. The number of hydrogen-bond donors (Lipinski definition) is 1. The molecule has 0 saturated heterocycles. The average Bonchev–Trinajstić information content (AvgIpc) is 3.09. The molecular weight excluding hydrogens is 412 g/mol. The van der Waals surface area contributed by atoms with Crippen LogP contribution < -0.4 is 10.5 Å². The van der Waals surface area contributed by atoms with Crippen LogP contribution in [0.15, 0.2) is 59.8 Å². The maximum Gasteiger partial charge on any atom is 0.274 e. The monoisotopic (exact) mass is 434 g/mol. The molecule has 1 aromatic carbocycles. The van der Waals surface area contributed by atoms with Crippen molar-refractivity contribution in [1.29, 1.82) is 0 Å². The molecule has 0 fully saturated rings. The summed E-state index contributed by atoms with van der Waals surface area (Å²) in [5.74, 6) is -0.0323. The number of aromatic amines is 1. The lowest BCUT2D eigenvalue weighted by Gasteiger charge is -2.25. The van der Waals surface area contributed by atoms with E-state index in [1.165, 1.54) is 6.26 Å². The highest BCUT2D eigenvalue weighted by molar-refractivity contribution is 7.89. The molecule has 0 saturated carbocycles. The Morgan fingerprint density at radius 3 is 2.74 bits per heavy atom. The molecule has 158 valence electrons. The highest BCUT2D eigenvalue weighted by atomic mass is 32.2. The Labute approximate surface area is 179 Å². The Balaban J connectivity index is 1.76. The summed E-state index contributed by atoms with van der Waals surface area (Å²) in [7, 11) is -1.44. The van der Waals surface area contributed by atoms with Gasteiger partial charge in [0.05, 0.1) is 18.0 Å². The molecule has 7 nitrogen and oxygen atoms in total. The SMILES string of the molecule is Cn1cc2c3c(c[nH]c3c1=O)CN(Cc1ccccn1)c1ccc(CS(C)(=O)=O)cc1-2. The number of H-pyrrole nitrogens is 1. The van der Waals surface area contributed by atoms with Crippen molar-refractivity contribution in [2.75, 3.05) is 11.2 Å². The van der Waals surface area contributed by atoms with E-state index in [1.54, 1.807) is 17.8 Å². The van der Waals surface area contributed by atoms with Gasteiger partial charge < -0.3 is 14.5 Å². The molecule has 0 aliphatic carbocycles. The fraction of sp³-hybridized carbons (Fsp3) is 0.217. The van der Waals surface area contributed by atoms with Crippen LogP contribution in [0.5, 0.6) is 0 Å². The van der Waals surface area contributed by atoms with Crippen LogP contribution >= 0.6 is 0 Å². The van der Waals surface area contributed by atoms with Crippen LogP contribution in [-0.4, -0.2) is 29.2 Å². The summed E-state index contributed by atoms with van der Waals surface area (Å²) in [5, 5.41) is 0.893. The molecule has 1 aliphatic heterocycles. The zero-order valence-corrected chi connectivity index (χ0v) is 18.1. The predicted molar refractivity (Wildman–Crippen MR) is 122 cm³/mol. The smallest absolute Gasteiger partial charge is 0.274 e. The first kappa shape index (κ1) is 19.6. The third-order valence-electron chi connectivity index (χ3n) is 5.65. The molecule has 4 aromatic rings. The van der Waals surface area contributed by atoms with Gasteiger partial charge in [0.2, 0.25) is 0 Å². The van der Waals surface area contributed by atoms with Gasteiger partial charge in [-0.25, -0.2) is 8.42 Å². The first-order valence-corrected chi connectivity index (χ1v) is 12.0. The van der Waals surface area contributed by atoms with E-state index in [1.807, 2.05) is 48.8 Å². The number of benzene rings is 1. The number of pyridine rings is 2. The molecule has 31 heavy (non-hydrogen) atoms. The quantitative estimate of drug-likeness (QED) is 0.534. The van der Waals surface area contributed by atoms with E-state index in [-0.39, 0.29) is 11.3 Å². The van der Waals surface area contributed by atoms with E-state index in [0.717, 1.165) is 39.0 Å². The summed E-state index contributed by atoms with van der Waals surface area (Å²) in [4.78, 5) is 22.6. The number of nitrogens with zero attached hydrogens (tertiary/aromatic N) is 3. The largest absolute Gasteiger partial charge is 0.361 e. The zero-order valence-electron chi connectivity index (χ0n) is 17.3. The van der Waals surface area contributed by atoms with Crippen molar-refractivity contribution in [3.63, 3.8) is 0 Å². The highest BCUT2D eigenvalue weighted by Gasteiger charge is 2.25. The molecule has 5 rings (SSSR count). The molecule has 8 heteroatoms. The number of aromatic nitrogens is 3. The second-order valence-electron chi connectivity index (χ2n) is 8.12. The van der Waals surface area contributed by atoms with E-state index in [0.29, 0.717) is 18.6 Å². The van der Waals surface area contributed by atoms with Crippen LogP contribution in [0.25, 0.3) is 22.0 Å². The number of nitrogens with one attached hydrogen (secondary N) is 1. The van der Waals surface area contributed by atoms with Crippen molar-refractivity contribution in [3.8, 4) is 11.1 Å². The topological polar surface area (TPSA) is 88.1 Å². The number of aryl methyl sites for hydroxylation is 1. The minimum atomic E-state index is -3.18. The van der Waals surface area contributed by atoms with Crippen molar-refractivity contribution in [2.24, 2.45) is 7.05 Å². The zero-order chi connectivity index (χ0) is 21.8. The normalized spacial score (nSPS) is 13.3. The lowest BCUT2D eigenvalue weighted by atomic mass is 9.99. The van der Waals surface area contributed by atoms with E-state index >= 15 is 0 Å². The van der Waals surface area contributed by atoms with Crippen LogP contribution in [-0.2, 0) is 35.7 Å². The molecule has 0 atom stereocenters. The fourth-order valence-electron chi connectivity index (χ4n) is 4.35. The van der Waals surface area contributed by atoms with Crippen LogP contribution in [0.4, 0.5) is 5.69 Å². The number of sulfone groups is 1. The van der Waals surface area contributed by atoms with Crippen molar-refractivity contribution >= 4 is 26.4 Å². The summed E-state index contributed by atoms with van der Waals surface area (Å²) in [6.45, 7) is 1.20. The van der Waals surface area contributed by atoms with Crippen molar-refractivity contribution < 1.29 is 8.42 Å². The molecule has 1 N–H and O–H groups in total. The minimum absolute atomic E-state index is 0.0323. The molecule has 0 bridgehead atoms. The Morgan fingerprint density at radius 1 is 1.16 bits per heavy atom. The van der Waals surface area contributed by atoms with Gasteiger partial charge in [-0.05, 0) is 35.4 Å². The molecular formula is C23H22N4O3S. The molecule has 1 aliphatic rings. The van der Waals surface area contributed by atoms with E-state index in [2.05, 4.69) is 14.9 Å². The van der Waals surface area contributed by atoms with E-state index in [4.69, 9.17) is 0 Å². The van der Waals surface area contributed by atoms with Crippen LogP contribution in [0.3, 0.4) is 0 Å². The van der Waals surface area contributed by atoms with Crippen LogP contribution in [0, 0.1) is 0 Å². The van der Waals surface area contributed by atoms with Gasteiger partial charge in [-0.3, -0.25) is 9.78 Å². The van der Waals surface area contributed by atoms with Crippen LogP contribution in [0.2, 0.25) is 0 Å². The van der Waals surface area contributed by atoms with Gasteiger partial charge >= 0.3 is 0 Å². The first-order chi connectivity index (χ1) is 14.8. The summed E-state index contributed by atoms with van der Waals surface area (Å²) in [6.07, 6.45) is 6.75. The van der Waals surface area contributed by atoms with Crippen LogP contribution in [0.1, 0.15) is 16.8 Å². The Bertz CT molecular complexity index is 1470. The van der Waals surface area contributed by atoms with Gasteiger partial charge in [0.15, 0.2) is 9.84 Å². The van der Waals surface area contributed by atoms with Crippen molar-refractivity contribution in [2.45, 2.75) is 18.8 Å². The van der Waals surface area contributed by atoms with Gasteiger partial charge in [-0.15, -0.1) is 0 Å². The number of rotatable bonds is 4. The van der Waals surface area contributed by atoms with E-state index < -0.39 is 9.84 Å². The maximum atomic E-state index is 12.7. The van der Waals surface area contributed by atoms with Gasteiger partial charge in [-0.1, -0.05) is 12.1 Å². The Kier molecular flexibility index (Phi) is 4.48. The first-order valence-electron chi connectivity index (χ1n) is 9.95. The molecule has 0 radical (unpaired) electrons. The van der Waals surface area contributed by atoms with Crippen molar-refractivity contribution in [3.05, 3.63) is 82.2 Å². The average molecular weight is 435 g/mol. The summed E-state index contributed by atoms with van der Waals surface area (Å²) < 4.78 is 25.4. The van der Waals surface area contributed by atoms with Gasteiger partial charge in [0.1, 0.15) is 5.52 Å². The minimum Gasteiger partial charge on any atom is -0.361 e. The summed E-state index contributed by atoms with van der Waals surface area (Å²) in [6, 6.07) is 11.6. The third kappa shape index (κ3) is 3.53. The molecule has 0 amide bonds. The van der Waals surface area contributed by atoms with E-state index in [9.17, 15) is 13.2 Å². The molecule has 0 spiro atoms. The number of fused-ring (bicyclic) bond motifs is 2. The predicted octanol–water partition coefficient (Wildman–Crippen LogP) is 2.99. The summed E-state index contributed by atoms with van der Waals surface area (Å²) in [5.41, 5.74) is 5.98. The van der Waals surface area contributed by atoms with Gasteiger partial charge in [0, 0.05) is 60.6 Å². The molecule has 0 unspecified atom stereocenters. The highest BCUT2D eigenvalue weighted by Crippen LogP contribution is 2.41. The van der Waals surface area contributed by atoms with Gasteiger partial charge in [0.25, 0.3) is 5.56 Å². The number of hydrogen-bond acceptors (Lipinski definition) is 5. The fourth-order valence-corrected chi connectivity index (χ4v) is 5.13. The number of anilines is 1. The Morgan fingerprint density at radius 2 is 2.00 bits per heavy atom. The Hall–Kier alpha value is -3.39. The lowest BCUT2D eigenvalue weighted by molar-refractivity contribution is 0.601. The summed E-state index contributed by atoms with van der Waals surface area (Å²) >= 11 is 0. The third-order valence-corrected chi connectivity index (χ3v) is 6.51. The second kappa shape index (κ2) is 7.09. The second-order valence-corrected chi connectivity index (χ2v) is 10.3. The van der Waals surface area contributed by atoms with Gasteiger partial charge in [-0.2, -0.15) is 0 Å². The van der Waals surface area contributed by atoms with Crippen molar-refractivity contribution in [1.82, 2.24) is 14.5 Å². The lowest BCUT2D eigenvalue weighted by Crippen LogP contribution is -2.22. The standard InChI is InChI=1S/C23H22N4O3S/c1-26-13-19-18-9-15(14-31(2,29)30)6-7-20(18)27(12-17-5-3-4-8-24-17)11-16-10-25-22(21(16)19)23(26)28/h3-10,13,25H,11-12,14H2,1-2H3. The molecule has 3 aromatic heterocycles. The molecule has 4 heterocycles.